The first-order chi connectivity index (χ1) is 12.4. The molecule has 0 aliphatic rings. The summed E-state index contributed by atoms with van der Waals surface area (Å²) in [5, 5.41) is 6.54. The molecule has 1 amide bonds. The van der Waals surface area contributed by atoms with E-state index in [4.69, 9.17) is 4.74 Å². The standard InChI is InChI=1S/C16H13F3N4O3/c1-25-12-8-11(21-10-5-3-2-4-9(10)12)14(24)20-7-6-13-22-15(26-23-13)16(17,18)19/h2-5,8H,6-7H2,1H3,(H,20,24). The lowest BCUT2D eigenvalue weighted by Crippen LogP contribution is -2.27. The second-order valence-electron chi connectivity index (χ2n) is 5.25. The Morgan fingerprint density at radius 2 is 2.04 bits per heavy atom. The molecule has 26 heavy (non-hydrogen) atoms. The number of hydrogen-bond acceptors (Lipinski definition) is 6. The van der Waals surface area contributed by atoms with E-state index in [0.29, 0.717) is 11.3 Å². The maximum absolute atomic E-state index is 12.4. The minimum atomic E-state index is -4.69. The second-order valence-corrected chi connectivity index (χ2v) is 5.25. The van der Waals surface area contributed by atoms with Crippen molar-refractivity contribution < 1.29 is 27.2 Å². The van der Waals surface area contributed by atoms with Gasteiger partial charge in [-0.05, 0) is 12.1 Å². The molecule has 0 unspecified atom stereocenters. The lowest BCUT2D eigenvalue weighted by molar-refractivity contribution is -0.159. The highest BCUT2D eigenvalue weighted by Crippen LogP contribution is 2.27. The number of methoxy groups -OCH3 is 1. The van der Waals surface area contributed by atoms with Crippen molar-refractivity contribution >= 4 is 16.8 Å². The largest absolute Gasteiger partial charge is 0.496 e. The van der Waals surface area contributed by atoms with E-state index >= 15 is 0 Å². The Balaban J connectivity index is 1.67. The highest BCUT2D eigenvalue weighted by molar-refractivity contribution is 5.97. The highest BCUT2D eigenvalue weighted by atomic mass is 19.4. The van der Waals surface area contributed by atoms with Gasteiger partial charge >= 0.3 is 12.1 Å². The van der Waals surface area contributed by atoms with Crippen LogP contribution in [-0.2, 0) is 12.6 Å². The fourth-order valence-electron chi connectivity index (χ4n) is 2.28. The van der Waals surface area contributed by atoms with Gasteiger partial charge in [0.1, 0.15) is 11.4 Å². The van der Waals surface area contributed by atoms with E-state index in [-0.39, 0.29) is 24.5 Å². The number of para-hydroxylation sites is 1. The lowest BCUT2D eigenvalue weighted by Gasteiger charge is -2.08. The molecule has 0 aliphatic carbocycles. The molecule has 3 rings (SSSR count). The van der Waals surface area contributed by atoms with Gasteiger partial charge in [-0.2, -0.15) is 18.2 Å². The van der Waals surface area contributed by atoms with Crippen LogP contribution in [0.2, 0.25) is 0 Å². The van der Waals surface area contributed by atoms with Crippen molar-refractivity contribution in [3.05, 3.63) is 47.7 Å². The van der Waals surface area contributed by atoms with Crippen LogP contribution in [0.5, 0.6) is 5.75 Å². The molecule has 3 aromatic rings. The van der Waals surface area contributed by atoms with Crippen LogP contribution >= 0.6 is 0 Å². The quantitative estimate of drug-likeness (QED) is 0.747. The molecule has 10 heteroatoms. The maximum atomic E-state index is 12.4. The van der Waals surface area contributed by atoms with E-state index in [9.17, 15) is 18.0 Å². The van der Waals surface area contributed by atoms with Gasteiger partial charge in [-0.25, -0.2) is 4.98 Å². The van der Waals surface area contributed by atoms with Crippen LogP contribution < -0.4 is 10.1 Å². The molecule has 2 heterocycles. The summed E-state index contributed by atoms with van der Waals surface area (Å²) in [6.07, 6.45) is -4.71. The topological polar surface area (TPSA) is 90.1 Å². The molecule has 0 aliphatic heterocycles. The van der Waals surface area contributed by atoms with E-state index in [1.807, 2.05) is 12.1 Å². The summed E-state index contributed by atoms with van der Waals surface area (Å²) in [6.45, 7) is 0.0203. The number of hydrogen-bond donors (Lipinski definition) is 1. The van der Waals surface area contributed by atoms with Crippen LogP contribution in [0, 0.1) is 0 Å². The number of nitrogens with zero attached hydrogens (tertiary/aromatic N) is 3. The molecule has 0 atom stereocenters. The summed E-state index contributed by atoms with van der Waals surface area (Å²) >= 11 is 0. The first-order valence-electron chi connectivity index (χ1n) is 7.50. The van der Waals surface area contributed by atoms with Gasteiger partial charge in [0.05, 0.1) is 12.6 Å². The molecule has 0 saturated heterocycles. The molecular formula is C16H13F3N4O3. The third kappa shape index (κ3) is 3.73. The SMILES string of the molecule is COc1cc(C(=O)NCCc2noc(C(F)(F)F)n2)nc2ccccc12. The molecule has 0 spiro atoms. The van der Waals surface area contributed by atoms with Crippen molar-refractivity contribution in [2.75, 3.05) is 13.7 Å². The number of carbonyl (C=O) groups is 1. The molecule has 136 valence electrons. The fraction of sp³-hybridized carbons (Fsp3) is 0.250. The molecule has 0 bridgehead atoms. The van der Waals surface area contributed by atoms with Gasteiger partial charge in [-0.1, -0.05) is 17.3 Å². The fourth-order valence-corrected chi connectivity index (χ4v) is 2.28. The van der Waals surface area contributed by atoms with E-state index in [1.165, 1.54) is 13.2 Å². The van der Waals surface area contributed by atoms with Gasteiger partial charge in [0.2, 0.25) is 0 Å². The number of amides is 1. The normalized spacial score (nSPS) is 11.5. The number of carbonyl (C=O) groups excluding carboxylic acids is 1. The monoisotopic (exact) mass is 366 g/mol. The second kappa shape index (κ2) is 6.98. The number of alkyl halides is 3. The van der Waals surface area contributed by atoms with Crippen LogP contribution in [0.3, 0.4) is 0 Å². The predicted octanol–water partition coefficient (Wildman–Crippen LogP) is 2.62. The zero-order chi connectivity index (χ0) is 18.7. The zero-order valence-electron chi connectivity index (χ0n) is 13.5. The first-order valence-corrected chi connectivity index (χ1v) is 7.50. The Morgan fingerprint density at radius 3 is 2.73 bits per heavy atom. The van der Waals surface area contributed by atoms with Gasteiger partial charge in [0.15, 0.2) is 5.82 Å². The number of halogens is 3. The van der Waals surface area contributed by atoms with Gasteiger partial charge in [-0.3, -0.25) is 4.79 Å². The van der Waals surface area contributed by atoms with Crippen molar-refractivity contribution in [1.82, 2.24) is 20.4 Å². The Hall–Kier alpha value is -3.17. The number of fused-ring (bicyclic) bond motifs is 1. The molecule has 0 saturated carbocycles. The van der Waals surface area contributed by atoms with Crippen LogP contribution in [0.15, 0.2) is 34.9 Å². The van der Waals surface area contributed by atoms with E-state index in [1.54, 1.807) is 12.1 Å². The van der Waals surface area contributed by atoms with Crippen LogP contribution in [-0.4, -0.2) is 34.7 Å². The molecule has 0 radical (unpaired) electrons. The number of pyridine rings is 1. The Bertz CT molecular complexity index is 940. The Morgan fingerprint density at radius 1 is 1.27 bits per heavy atom. The number of nitrogens with one attached hydrogen (secondary N) is 1. The third-order valence-electron chi connectivity index (χ3n) is 3.48. The summed E-state index contributed by atoms with van der Waals surface area (Å²) < 4.78 is 46.5. The minimum Gasteiger partial charge on any atom is -0.496 e. The van der Waals surface area contributed by atoms with Crippen molar-refractivity contribution in [3.8, 4) is 5.75 Å². The Labute approximate surface area is 145 Å². The molecule has 1 aromatic carbocycles. The van der Waals surface area contributed by atoms with Gasteiger partial charge < -0.3 is 14.6 Å². The van der Waals surface area contributed by atoms with E-state index in [0.717, 1.165) is 5.39 Å². The Kier molecular flexibility index (Phi) is 4.74. The average molecular weight is 366 g/mol. The number of ether oxygens (including phenoxy) is 1. The van der Waals surface area contributed by atoms with Crippen molar-refractivity contribution in [1.29, 1.82) is 0 Å². The first kappa shape index (κ1) is 17.6. The molecule has 2 aromatic heterocycles. The summed E-state index contributed by atoms with van der Waals surface area (Å²) in [5.41, 5.74) is 0.717. The molecule has 0 fully saturated rings. The zero-order valence-corrected chi connectivity index (χ0v) is 13.5. The van der Waals surface area contributed by atoms with E-state index < -0.39 is 18.0 Å². The summed E-state index contributed by atoms with van der Waals surface area (Å²) in [5.74, 6) is -1.57. The van der Waals surface area contributed by atoms with Crippen LogP contribution in [0.4, 0.5) is 13.2 Å². The van der Waals surface area contributed by atoms with Gasteiger partial charge in [0.25, 0.3) is 5.91 Å². The molecule has 1 N–H and O–H groups in total. The summed E-state index contributed by atoms with van der Waals surface area (Å²) in [7, 11) is 1.48. The van der Waals surface area contributed by atoms with E-state index in [2.05, 4.69) is 25.0 Å². The number of aromatic nitrogens is 3. The highest BCUT2D eigenvalue weighted by Gasteiger charge is 2.38. The predicted molar refractivity (Wildman–Crippen MR) is 83.6 cm³/mol. The molecule has 7 nitrogen and oxygen atoms in total. The summed E-state index contributed by atoms with van der Waals surface area (Å²) in [4.78, 5) is 19.7. The van der Waals surface area contributed by atoms with Gasteiger partial charge in [0, 0.05) is 24.4 Å². The van der Waals surface area contributed by atoms with Crippen molar-refractivity contribution in [2.24, 2.45) is 0 Å². The lowest BCUT2D eigenvalue weighted by atomic mass is 10.1. The van der Waals surface area contributed by atoms with Crippen molar-refractivity contribution in [2.45, 2.75) is 12.6 Å². The summed E-state index contributed by atoms with van der Waals surface area (Å²) in [6, 6.07) is 8.66. The smallest absolute Gasteiger partial charge is 0.471 e. The van der Waals surface area contributed by atoms with Gasteiger partial charge in [-0.15, -0.1) is 0 Å². The van der Waals surface area contributed by atoms with Crippen molar-refractivity contribution in [3.63, 3.8) is 0 Å². The minimum absolute atomic E-state index is 0.0178. The third-order valence-corrected chi connectivity index (χ3v) is 3.48. The number of benzene rings is 1. The average Bonchev–Trinajstić information content (AvgIpc) is 3.10. The molecular weight excluding hydrogens is 353 g/mol. The van der Waals surface area contributed by atoms with Crippen LogP contribution in [0.25, 0.3) is 10.9 Å². The van der Waals surface area contributed by atoms with Crippen LogP contribution in [0.1, 0.15) is 22.2 Å². The maximum Gasteiger partial charge on any atom is 0.471 e. The number of rotatable bonds is 5.